The number of morpholine rings is 1. The Bertz CT molecular complexity index is 1280. The van der Waals surface area contributed by atoms with Crippen molar-refractivity contribution in [1.29, 1.82) is 0 Å². The number of hydrogen-bond donors (Lipinski definition) is 2. The van der Waals surface area contributed by atoms with Crippen LogP contribution in [0.4, 0.5) is 0 Å². The van der Waals surface area contributed by atoms with Crippen molar-refractivity contribution in [3.63, 3.8) is 0 Å². The molecule has 4 rings (SSSR count). The Balaban J connectivity index is 1.67. The number of carboxylic acids is 1. The number of sulfonamides is 1. The van der Waals surface area contributed by atoms with Crippen molar-refractivity contribution in [2.45, 2.75) is 37.8 Å². The number of nitrogens with one attached hydrogen (secondary N) is 1. The largest absolute Gasteiger partial charge is 0.478 e. The van der Waals surface area contributed by atoms with Gasteiger partial charge in [0.25, 0.3) is 0 Å². The Morgan fingerprint density at radius 1 is 1.00 bits per heavy atom. The number of hydrogen-bond acceptors (Lipinski definition) is 6. The summed E-state index contributed by atoms with van der Waals surface area (Å²) in [5, 5.41) is 9.22. The molecule has 0 saturated carbocycles. The number of aromatic carboxylic acids is 1. The molecule has 0 radical (unpaired) electrons. The SMILES string of the molecule is CC(C)(C)NS(=O)(=O)c1ccc(-c2cc(CN3CCOCC3)c(-c3ccc(C(=O)O)cc3)o2)cc1. The summed E-state index contributed by atoms with van der Waals surface area (Å²) in [6.07, 6.45) is 0. The van der Waals surface area contributed by atoms with E-state index in [1.165, 1.54) is 0 Å². The topological polar surface area (TPSA) is 109 Å². The molecule has 3 aromatic rings. The van der Waals surface area contributed by atoms with Crippen LogP contribution >= 0.6 is 0 Å². The van der Waals surface area contributed by atoms with Crippen LogP contribution in [-0.2, 0) is 21.3 Å². The van der Waals surface area contributed by atoms with Gasteiger partial charge < -0.3 is 14.3 Å². The Morgan fingerprint density at radius 2 is 1.60 bits per heavy atom. The highest BCUT2D eigenvalue weighted by molar-refractivity contribution is 7.89. The molecule has 2 N–H and O–H groups in total. The van der Waals surface area contributed by atoms with E-state index < -0.39 is 21.5 Å². The normalized spacial score (nSPS) is 15.3. The summed E-state index contributed by atoms with van der Waals surface area (Å²) in [4.78, 5) is 13.7. The summed E-state index contributed by atoms with van der Waals surface area (Å²) in [5.41, 5.74) is 2.11. The van der Waals surface area contributed by atoms with Gasteiger partial charge in [0.15, 0.2) is 0 Å². The first kappa shape index (κ1) is 25.1. The molecule has 1 fully saturated rings. The molecule has 9 heteroatoms. The molecule has 0 aliphatic carbocycles. The van der Waals surface area contributed by atoms with E-state index in [4.69, 9.17) is 9.15 Å². The molecule has 0 bridgehead atoms. The molecule has 2 aromatic carbocycles. The molecule has 0 unspecified atom stereocenters. The maximum absolute atomic E-state index is 12.6. The fraction of sp³-hybridized carbons (Fsp3) is 0.346. The van der Waals surface area contributed by atoms with Crippen molar-refractivity contribution >= 4 is 16.0 Å². The van der Waals surface area contributed by atoms with Crippen LogP contribution in [0.25, 0.3) is 22.6 Å². The first-order valence-corrected chi connectivity index (χ1v) is 12.9. The number of furan rings is 1. The molecule has 186 valence electrons. The summed E-state index contributed by atoms with van der Waals surface area (Å²) < 4.78 is 39.7. The number of nitrogens with zero attached hydrogens (tertiary/aromatic N) is 1. The highest BCUT2D eigenvalue weighted by atomic mass is 32.2. The van der Waals surface area contributed by atoms with Gasteiger partial charge in [-0.25, -0.2) is 17.9 Å². The summed E-state index contributed by atoms with van der Waals surface area (Å²) in [6, 6.07) is 15.1. The second-order valence-electron chi connectivity index (χ2n) is 9.62. The Kier molecular flexibility index (Phi) is 7.14. The third-order valence-electron chi connectivity index (χ3n) is 5.59. The molecule has 0 amide bonds. The van der Waals surface area contributed by atoms with E-state index >= 15 is 0 Å². The Morgan fingerprint density at radius 3 is 2.17 bits per heavy atom. The highest BCUT2D eigenvalue weighted by Gasteiger charge is 2.23. The standard InChI is InChI=1S/C26H30N2O6S/c1-26(2,3)27-35(31,32)22-10-8-18(9-11-22)23-16-21(17-28-12-14-33-15-13-28)24(34-23)19-4-6-20(7-5-19)25(29)30/h4-11,16,27H,12-15,17H2,1-3H3,(H,29,30). The molecule has 0 spiro atoms. The average Bonchev–Trinajstić information content (AvgIpc) is 3.22. The van der Waals surface area contributed by atoms with E-state index in [0.717, 1.165) is 29.8 Å². The Labute approximate surface area is 205 Å². The van der Waals surface area contributed by atoms with Crippen LogP contribution in [0, 0.1) is 0 Å². The molecular weight excluding hydrogens is 468 g/mol. The van der Waals surface area contributed by atoms with Gasteiger partial charge in [-0.05, 0) is 63.2 Å². The van der Waals surface area contributed by atoms with E-state index in [1.807, 2.05) is 6.07 Å². The maximum atomic E-state index is 12.6. The minimum atomic E-state index is -3.64. The predicted molar refractivity (Wildman–Crippen MR) is 133 cm³/mol. The van der Waals surface area contributed by atoms with Gasteiger partial charge in [-0.1, -0.05) is 12.1 Å². The van der Waals surface area contributed by atoms with Crippen molar-refractivity contribution in [2.75, 3.05) is 26.3 Å². The molecule has 35 heavy (non-hydrogen) atoms. The van der Waals surface area contributed by atoms with Gasteiger partial charge in [-0.2, -0.15) is 0 Å². The zero-order chi connectivity index (χ0) is 25.2. The number of ether oxygens (including phenoxy) is 1. The number of benzene rings is 2. The number of carbonyl (C=O) groups is 1. The third-order valence-corrected chi connectivity index (χ3v) is 7.36. The van der Waals surface area contributed by atoms with Crippen LogP contribution in [0.1, 0.15) is 36.7 Å². The monoisotopic (exact) mass is 498 g/mol. The van der Waals surface area contributed by atoms with Crippen LogP contribution < -0.4 is 4.72 Å². The Hall–Kier alpha value is -2.98. The molecule has 8 nitrogen and oxygen atoms in total. The van der Waals surface area contributed by atoms with Gasteiger partial charge in [-0.3, -0.25) is 4.90 Å². The molecular formula is C26H30N2O6S. The van der Waals surface area contributed by atoms with Gasteiger partial charge in [0.2, 0.25) is 10.0 Å². The predicted octanol–water partition coefficient (Wildman–Crippen LogP) is 4.22. The molecule has 1 aliphatic rings. The smallest absolute Gasteiger partial charge is 0.335 e. The van der Waals surface area contributed by atoms with Crippen LogP contribution in [0.2, 0.25) is 0 Å². The average molecular weight is 499 g/mol. The van der Waals surface area contributed by atoms with Crippen molar-refractivity contribution in [2.24, 2.45) is 0 Å². The lowest BCUT2D eigenvalue weighted by Gasteiger charge is -2.26. The van der Waals surface area contributed by atoms with E-state index in [2.05, 4.69) is 9.62 Å². The van der Waals surface area contributed by atoms with Crippen LogP contribution in [0.5, 0.6) is 0 Å². The summed E-state index contributed by atoms with van der Waals surface area (Å²) >= 11 is 0. The van der Waals surface area contributed by atoms with Gasteiger partial charge in [0.1, 0.15) is 11.5 Å². The second kappa shape index (κ2) is 9.94. The molecule has 1 aromatic heterocycles. The minimum Gasteiger partial charge on any atom is -0.478 e. The van der Waals surface area contributed by atoms with Crippen LogP contribution in [-0.4, -0.2) is 56.2 Å². The lowest BCUT2D eigenvalue weighted by Crippen LogP contribution is -2.40. The lowest BCUT2D eigenvalue weighted by atomic mass is 10.1. The summed E-state index contributed by atoms with van der Waals surface area (Å²) in [6.45, 7) is 9.01. The number of rotatable bonds is 7. The summed E-state index contributed by atoms with van der Waals surface area (Å²) in [7, 11) is -3.64. The van der Waals surface area contributed by atoms with E-state index in [1.54, 1.807) is 69.3 Å². The van der Waals surface area contributed by atoms with Crippen LogP contribution in [0.3, 0.4) is 0 Å². The second-order valence-corrected chi connectivity index (χ2v) is 11.3. The van der Waals surface area contributed by atoms with Crippen molar-refractivity contribution in [3.8, 4) is 22.6 Å². The zero-order valence-electron chi connectivity index (χ0n) is 20.1. The van der Waals surface area contributed by atoms with Crippen LogP contribution in [0.15, 0.2) is 63.9 Å². The van der Waals surface area contributed by atoms with Gasteiger partial charge in [-0.15, -0.1) is 0 Å². The third kappa shape index (κ3) is 6.18. The van der Waals surface area contributed by atoms with Crippen molar-refractivity contribution in [1.82, 2.24) is 9.62 Å². The first-order chi connectivity index (χ1) is 16.5. The molecule has 1 saturated heterocycles. The fourth-order valence-electron chi connectivity index (χ4n) is 3.96. The maximum Gasteiger partial charge on any atom is 0.335 e. The first-order valence-electron chi connectivity index (χ1n) is 11.4. The molecule has 0 atom stereocenters. The molecule has 2 heterocycles. The number of carboxylic acid groups (broad SMARTS) is 1. The summed E-state index contributed by atoms with van der Waals surface area (Å²) in [5.74, 6) is 0.286. The van der Waals surface area contributed by atoms with Crippen molar-refractivity contribution < 1.29 is 27.5 Å². The van der Waals surface area contributed by atoms with Crippen molar-refractivity contribution in [3.05, 3.63) is 65.7 Å². The lowest BCUT2D eigenvalue weighted by molar-refractivity contribution is 0.0342. The van der Waals surface area contributed by atoms with E-state index in [-0.39, 0.29) is 10.5 Å². The fourth-order valence-corrected chi connectivity index (χ4v) is 5.38. The van der Waals surface area contributed by atoms with Gasteiger partial charge >= 0.3 is 5.97 Å². The highest BCUT2D eigenvalue weighted by Crippen LogP contribution is 2.34. The van der Waals surface area contributed by atoms with E-state index in [0.29, 0.717) is 31.3 Å². The minimum absolute atomic E-state index is 0.181. The molecule has 1 aliphatic heterocycles. The quantitative estimate of drug-likeness (QED) is 0.502. The van der Waals surface area contributed by atoms with E-state index in [9.17, 15) is 18.3 Å². The van der Waals surface area contributed by atoms with Gasteiger partial charge in [0, 0.05) is 41.9 Å². The zero-order valence-corrected chi connectivity index (χ0v) is 20.9. The van der Waals surface area contributed by atoms with Gasteiger partial charge in [0.05, 0.1) is 23.7 Å².